The van der Waals surface area contributed by atoms with Gasteiger partial charge in [-0.15, -0.1) is 0 Å². The third-order valence-corrected chi connectivity index (χ3v) is 8.40. The molecule has 10 nitrogen and oxygen atoms in total. The van der Waals surface area contributed by atoms with Crippen molar-refractivity contribution in [1.29, 1.82) is 0 Å². The highest BCUT2D eigenvalue weighted by atomic mass is 79.9. The number of Topliss-reactive ketones (excluding diaryl/α,β-unsaturated/α-hetero) is 1. The first-order valence-corrected chi connectivity index (χ1v) is 14.0. The third-order valence-electron chi connectivity index (χ3n) is 5.95. The predicted octanol–water partition coefficient (Wildman–Crippen LogP) is 1.70. The van der Waals surface area contributed by atoms with E-state index in [0.29, 0.717) is 21.9 Å². The second-order valence-electron chi connectivity index (χ2n) is 8.97. The number of ether oxygens (including phenoxy) is 1. The van der Waals surface area contributed by atoms with E-state index in [1.54, 1.807) is 18.2 Å². The van der Waals surface area contributed by atoms with Crippen molar-refractivity contribution >= 4 is 48.5 Å². The highest BCUT2D eigenvalue weighted by Gasteiger charge is 2.37. The Kier molecular flexibility index (Phi) is 9.85. The van der Waals surface area contributed by atoms with Gasteiger partial charge in [0.1, 0.15) is 16.7 Å². The average Bonchev–Trinajstić information content (AvgIpc) is 3.20. The average molecular weight is 573 g/mol. The van der Waals surface area contributed by atoms with Gasteiger partial charge in [-0.05, 0) is 58.2 Å². The Bertz CT molecular complexity index is 1150. The van der Waals surface area contributed by atoms with Crippen LogP contribution in [0.4, 0.5) is 0 Å². The summed E-state index contributed by atoms with van der Waals surface area (Å²) >= 11 is 3.35. The first kappa shape index (κ1) is 27.8. The molecule has 1 aromatic heterocycles. The van der Waals surface area contributed by atoms with Crippen molar-refractivity contribution < 1.29 is 22.7 Å². The molecule has 0 spiro atoms. The molecule has 0 saturated carbocycles. The molecule has 0 bridgehead atoms. The molecular formula is C23H34BrN5O5S. The fraction of sp³-hybridized carbons (Fsp3) is 0.565. The number of nitrogens with two attached hydrogens (primary N) is 1. The summed E-state index contributed by atoms with van der Waals surface area (Å²) in [6, 6.07) is 5.03. The van der Waals surface area contributed by atoms with Gasteiger partial charge in [0, 0.05) is 28.5 Å². The molecule has 1 aliphatic rings. The number of primary amides is 1. The van der Waals surface area contributed by atoms with Crippen LogP contribution < -0.4 is 11.1 Å². The van der Waals surface area contributed by atoms with Crippen molar-refractivity contribution in [2.24, 2.45) is 5.73 Å². The number of aromatic amines is 1. The minimum absolute atomic E-state index is 0.0748. The number of H-pyrrole nitrogens is 1. The van der Waals surface area contributed by atoms with Crippen LogP contribution in [-0.4, -0.2) is 93.8 Å². The minimum atomic E-state index is -4.12. The maximum absolute atomic E-state index is 13.6. The van der Waals surface area contributed by atoms with Crippen LogP contribution in [0, 0.1) is 0 Å². The van der Waals surface area contributed by atoms with E-state index in [1.807, 2.05) is 0 Å². The van der Waals surface area contributed by atoms with E-state index in [9.17, 15) is 18.0 Å². The maximum Gasteiger partial charge on any atom is 0.266 e. The smallest absolute Gasteiger partial charge is 0.266 e. The number of amides is 1. The Morgan fingerprint density at radius 3 is 2.71 bits per heavy atom. The number of rotatable bonds is 13. The summed E-state index contributed by atoms with van der Waals surface area (Å²) < 4.78 is 34.6. The van der Waals surface area contributed by atoms with Crippen LogP contribution in [0.15, 0.2) is 27.6 Å². The number of ketones is 1. The molecule has 194 valence electrons. The summed E-state index contributed by atoms with van der Waals surface area (Å²) in [5, 5.41) is 3.49. The van der Waals surface area contributed by atoms with Crippen LogP contribution in [0.25, 0.3) is 10.9 Å². The van der Waals surface area contributed by atoms with Crippen molar-refractivity contribution in [2.45, 2.75) is 36.7 Å². The van der Waals surface area contributed by atoms with Gasteiger partial charge >= 0.3 is 0 Å². The standard InChI is InChI=1S/C23H34BrN5O5S/c1-28(2)10-6-4-3-5-9-26-14-19(30)20-15-29(11-12-34-20)35(32,33)22-17-13-16(24)7-8-18(17)27-21(22)23(25)31/h7-8,13,20,26-27H,3-6,9-12,14-15H2,1-2H3,(H2,25,31). The van der Waals surface area contributed by atoms with E-state index in [4.69, 9.17) is 10.5 Å². The number of nitrogens with one attached hydrogen (secondary N) is 2. The van der Waals surface area contributed by atoms with Crippen molar-refractivity contribution in [3.63, 3.8) is 0 Å². The molecule has 1 fully saturated rings. The Hall–Kier alpha value is -1.83. The lowest BCUT2D eigenvalue weighted by Gasteiger charge is -2.31. The molecule has 1 aromatic carbocycles. The van der Waals surface area contributed by atoms with Gasteiger partial charge in [-0.3, -0.25) is 9.59 Å². The van der Waals surface area contributed by atoms with E-state index < -0.39 is 22.0 Å². The number of benzene rings is 1. The summed E-state index contributed by atoms with van der Waals surface area (Å²) in [6.45, 7) is 1.94. The Labute approximate surface area is 214 Å². The maximum atomic E-state index is 13.6. The van der Waals surface area contributed by atoms with Gasteiger partial charge < -0.3 is 25.7 Å². The van der Waals surface area contributed by atoms with Gasteiger partial charge in [-0.25, -0.2) is 8.42 Å². The van der Waals surface area contributed by atoms with Crippen molar-refractivity contribution in [3.8, 4) is 0 Å². The molecular weight excluding hydrogens is 538 g/mol. The number of fused-ring (bicyclic) bond motifs is 1. The zero-order valence-electron chi connectivity index (χ0n) is 20.2. The number of unbranched alkanes of at least 4 members (excludes halogenated alkanes) is 3. The topological polar surface area (TPSA) is 138 Å². The second kappa shape index (κ2) is 12.4. The molecule has 1 unspecified atom stereocenters. The third kappa shape index (κ3) is 7.11. The monoisotopic (exact) mass is 571 g/mol. The van der Waals surface area contributed by atoms with Crippen LogP contribution in [-0.2, 0) is 19.6 Å². The summed E-state index contributed by atoms with van der Waals surface area (Å²) in [6.07, 6.45) is 3.48. The van der Waals surface area contributed by atoms with Crippen LogP contribution in [0.1, 0.15) is 36.2 Å². The Balaban J connectivity index is 1.62. The summed E-state index contributed by atoms with van der Waals surface area (Å²) in [5.41, 5.74) is 5.78. The van der Waals surface area contributed by atoms with Crippen LogP contribution >= 0.6 is 15.9 Å². The van der Waals surface area contributed by atoms with E-state index in [-0.39, 0.29) is 42.6 Å². The van der Waals surface area contributed by atoms with Crippen molar-refractivity contribution in [3.05, 3.63) is 28.4 Å². The van der Waals surface area contributed by atoms with Crippen LogP contribution in [0.2, 0.25) is 0 Å². The number of hydrogen-bond donors (Lipinski definition) is 3. The lowest BCUT2D eigenvalue weighted by Crippen LogP contribution is -2.50. The zero-order chi connectivity index (χ0) is 25.6. The molecule has 1 atom stereocenters. The van der Waals surface area contributed by atoms with Gasteiger partial charge in [0.2, 0.25) is 10.0 Å². The van der Waals surface area contributed by atoms with Crippen molar-refractivity contribution in [1.82, 2.24) is 19.5 Å². The fourth-order valence-electron chi connectivity index (χ4n) is 4.11. The molecule has 35 heavy (non-hydrogen) atoms. The molecule has 12 heteroatoms. The molecule has 3 rings (SSSR count). The number of morpholine rings is 1. The zero-order valence-corrected chi connectivity index (χ0v) is 22.6. The number of carbonyl (C=O) groups is 2. The molecule has 2 heterocycles. The number of hydrogen-bond acceptors (Lipinski definition) is 7. The molecule has 0 radical (unpaired) electrons. The van der Waals surface area contributed by atoms with Crippen LogP contribution in [0.5, 0.6) is 0 Å². The number of nitrogens with zero attached hydrogens (tertiary/aromatic N) is 2. The normalized spacial score (nSPS) is 17.3. The van der Waals surface area contributed by atoms with E-state index in [2.05, 4.69) is 45.2 Å². The van der Waals surface area contributed by atoms with Gasteiger partial charge in [0.25, 0.3) is 5.91 Å². The van der Waals surface area contributed by atoms with Gasteiger partial charge in [-0.1, -0.05) is 28.8 Å². The van der Waals surface area contributed by atoms with Gasteiger partial charge in [-0.2, -0.15) is 4.31 Å². The lowest BCUT2D eigenvalue weighted by atomic mass is 10.1. The Morgan fingerprint density at radius 2 is 2.00 bits per heavy atom. The number of aromatic nitrogens is 1. The number of halogens is 1. The lowest BCUT2D eigenvalue weighted by molar-refractivity contribution is -0.133. The fourth-order valence-corrected chi connectivity index (χ4v) is 6.23. The molecule has 1 aliphatic heterocycles. The number of sulfonamides is 1. The molecule has 2 aromatic rings. The summed E-state index contributed by atoms with van der Waals surface area (Å²) in [7, 11) is -0.00685. The molecule has 1 saturated heterocycles. The highest BCUT2D eigenvalue weighted by molar-refractivity contribution is 9.10. The quantitative estimate of drug-likeness (QED) is 0.311. The minimum Gasteiger partial charge on any atom is -0.368 e. The first-order chi connectivity index (χ1) is 16.6. The van der Waals surface area contributed by atoms with E-state index in [1.165, 1.54) is 4.31 Å². The predicted molar refractivity (Wildman–Crippen MR) is 138 cm³/mol. The van der Waals surface area contributed by atoms with E-state index >= 15 is 0 Å². The molecule has 0 aliphatic carbocycles. The SMILES string of the molecule is CN(C)CCCCCCNCC(=O)C1CN(S(=O)(=O)c2c(C(N)=O)[nH]c3ccc(Br)cc23)CCO1. The second-order valence-corrected chi connectivity index (χ2v) is 11.8. The highest BCUT2D eigenvalue weighted by Crippen LogP contribution is 2.32. The number of carbonyl (C=O) groups excluding carboxylic acids is 2. The van der Waals surface area contributed by atoms with Crippen molar-refractivity contribution in [2.75, 3.05) is 53.4 Å². The Morgan fingerprint density at radius 1 is 1.26 bits per heavy atom. The summed E-state index contributed by atoms with van der Waals surface area (Å²) in [5.74, 6) is -1.07. The van der Waals surface area contributed by atoms with Gasteiger partial charge in [0.15, 0.2) is 5.78 Å². The largest absolute Gasteiger partial charge is 0.368 e. The van der Waals surface area contributed by atoms with Gasteiger partial charge in [0.05, 0.1) is 13.2 Å². The summed E-state index contributed by atoms with van der Waals surface area (Å²) in [4.78, 5) is 29.5. The molecule has 4 N–H and O–H groups in total. The molecule has 1 amide bonds. The first-order valence-electron chi connectivity index (χ1n) is 11.7. The van der Waals surface area contributed by atoms with Crippen LogP contribution in [0.3, 0.4) is 0 Å². The van der Waals surface area contributed by atoms with E-state index in [0.717, 1.165) is 32.2 Å².